The van der Waals surface area contributed by atoms with Crippen LogP contribution in [0.2, 0.25) is 0 Å². The molecule has 1 saturated heterocycles. The molecule has 2 amide bonds. The number of nitrogens with zero attached hydrogens (tertiary/aromatic N) is 1. The van der Waals surface area contributed by atoms with Crippen LogP contribution >= 0.6 is 0 Å². The highest BCUT2D eigenvalue weighted by molar-refractivity contribution is 5.98. The van der Waals surface area contributed by atoms with Crippen molar-refractivity contribution in [3.63, 3.8) is 0 Å². The zero-order valence-electron chi connectivity index (χ0n) is 15.3. The van der Waals surface area contributed by atoms with E-state index in [-0.39, 0.29) is 30.4 Å². The van der Waals surface area contributed by atoms with Crippen molar-refractivity contribution in [1.82, 2.24) is 15.6 Å². The van der Waals surface area contributed by atoms with Gasteiger partial charge in [0.05, 0.1) is 6.10 Å². The number of carbonyl (C=O) groups is 2. The normalized spacial score (nSPS) is 17.4. The van der Waals surface area contributed by atoms with E-state index in [0.29, 0.717) is 30.2 Å². The van der Waals surface area contributed by atoms with Crippen molar-refractivity contribution in [3.8, 4) is 11.5 Å². The van der Waals surface area contributed by atoms with Crippen LogP contribution in [-0.2, 0) is 11.3 Å². The maximum atomic E-state index is 12.4. The van der Waals surface area contributed by atoms with Gasteiger partial charge in [-0.05, 0) is 42.7 Å². The van der Waals surface area contributed by atoms with E-state index in [1.54, 1.807) is 6.07 Å². The molecule has 1 atom stereocenters. The Morgan fingerprint density at radius 2 is 1.96 bits per heavy atom. The average Bonchev–Trinajstić information content (AvgIpc) is 3.41. The Labute approximate surface area is 162 Å². The van der Waals surface area contributed by atoms with Crippen molar-refractivity contribution in [1.29, 1.82) is 0 Å². The lowest BCUT2D eigenvalue weighted by Gasteiger charge is -2.11. The van der Waals surface area contributed by atoms with Crippen LogP contribution in [0.1, 0.15) is 39.3 Å². The van der Waals surface area contributed by atoms with Crippen molar-refractivity contribution >= 4 is 11.8 Å². The molecule has 2 aromatic rings. The molecule has 1 fully saturated rings. The third-order valence-corrected chi connectivity index (χ3v) is 4.66. The van der Waals surface area contributed by atoms with Crippen molar-refractivity contribution in [2.45, 2.75) is 25.5 Å². The quantitative estimate of drug-likeness (QED) is 0.787. The number of rotatable bonds is 6. The van der Waals surface area contributed by atoms with E-state index in [4.69, 9.17) is 14.2 Å². The molecule has 4 rings (SSSR count). The molecular weight excluding hydrogens is 362 g/mol. The minimum Gasteiger partial charge on any atom is -0.454 e. The van der Waals surface area contributed by atoms with E-state index in [0.717, 1.165) is 25.0 Å². The van der Waals surface area contributed by atoms with Crippen LogP contribution in [0.25, 0.3) is 0 Å². The van der Waals surface area contributed by atoms with Gasteiger partial charge in [-0.3, -0.25) is 14.6 Å². The molecule has 0 spiro atoms. The summed E-state index contributed by atoms with van der Waals surface area (Å²) in [5, 5.41) is 5.64. The number of carbonyl (C=O) groups excluding carboxylic acids is 2. The highest BCUT2D eigenvalue weighted by Crippen LogP contribution is 2.32. The molecule has 3 heterocycles. The molecule has 146 valence electrons. The number of pyridine rings is 1. The fourth-order valence-electron chi connectivity index (χ4n) is 3.13. The number of hydrogen-bond acceptors (Lipinski definition) is 6. The summed E-state index contributed by atoms with van der Waals surface area (Å²) in [6.07, 6.45) is 3.46. The van der Waals surface area contributed by atoms with Gasteiger partial charge in [0.25, 0.3) is 11.8 Å². The van der Waals surface area contributed by atoms with Crippen LogP contribution in [0.4, 0.5) is 0 Å². The SMILES string of the molecule is O=C(NCc1ccc2c(c1)OCO2)c1ccnc(C(=O)NCC2CCCO2)c1. The largest absolute Gasteiger partial charge is 0.454 e. The van der Waals surface area contributed by atoms with Crippen LogP contribution in [0.3, 0.4) is 0 Å². The van der Waals surface area contributed by atoms with Gasteiger partial charge in [0.2, 0.25) is 6.79 Å². The summed E-state index contributed by atoms with van der Waals surface area (Å²) >= 11 is 0. The van der Waals surface area contributed by atoms with Gasteiger partial charge in [0, 0.05) is 31.5 Å². The minimum absolute atomic E-state index is 0.0529. The van der Waals surface area contributed by atoms with E-state index in [1.807, 2.05) is 18.2 Å². The summed E-state index contributed by atoms with van der Waals surface area (Å²) in [5.74, 6) is 0.762. The Balaban J connectivity index is 1.33. The number of aromatic nitrogens is 1. The topological polar surface area (TPSA) is 98.8 Å². The third-order valence-electron chi connectivity index (χ3n) is 4.66. The van der Waals surface area contributed by atoms with Gasteiger partial charge >= 0.3 is 0 Å². The summed E-state index contributed by atoms with van der Waals surface area (Å²) in [6, 6.07) is 8.57. The fourth-order valence-corrected chi connectivity index (χ4v) is 3.13. The second-order valence-corrected chi connectivity index (χ2v) is 6.65. The lowest BCUT2D eigenvalue weighted by Crippen LogP contribution is -2.32. The van der Waals surface area contributed by atoms with Gasteiger partial charge in [-0.2, -0.15) is 0 Å². The van der Waals surface area contributed by atoms with Gasteiger partial charge in [-0.25, -0.2) is 0 Å². The maximum absolute atomic E-state index is 12.4. The molecule has 0 bridgehead atoms. The molecule has 2 aliphatic rings. The van der Waals surface area contributed by atoms with Crippen LogP contribution in [-0.4, -0.2) is 42.8 Å². The lowest BCUT2D eigenvalue weighted by molar-refractivity contribution is 0.0853. The predicted molar refractivity (Wildman–Crippen MR) is 99.3 cm³/mol. The Bertz CT molecular complexity index is 880. The summed E-state index contributed by atoms with van der Waals surface area (Å²) in [4.78, 5) is 28.8. The van der Waals surface area contributed by atoms with Gasteiger partial charge in [0.1, 0.15) is 5.69 Å². The Morgan fingerprint density at radius 3 is 2.82 bits per heavy atom. The summed E-state index contributed by atoms with van der Waals surface area (Å²) < 4.78 is 16.1. The first-order valence-electron chi connectivity index (χ1n) is 9.21. The number of benzene rings is 1. The second kappa shape index (κ2) is 8.26. The van der Waals surface area contributed by atoms with E-state index in [2.05, 4.69) is 15.6 Å². The molecule has 8 nitrogen and oxygen atoms in total. The minimum atomic E-state index is -0.319. The van der Waals surface area contributed by atoms with Crippen LogP contribution in [0.15, 0.2) is 36.5 Å². The molecule has 0 radical (unpaired) electrons. The first-order valence-corrected chi connectivity index (χ1v) is 9.21. The monoisotopic (exact) mass is 383 g/mol. The molecule has 1 aromatic heterocycles. The van der Waals surface area contributed by atoms with E-state index < -0.39 is 0 Å². The fraction of sp³-hybridized carbons (Fsp3) is 0.350. The van der Waals surface area contributed by atoms with Crippen LogP contribution in [0.5, 0.6) is 11.5 Å². The molecule has 1 aromatic carbocycles. The van der Waals surface area contributed by atoms with Crippen molar-refractivity contribution in [2.24, 2.45) is 0 Å². The van der Waals surface area contributed by atoms with Crippen molar-refractivity contribution in [3.05, 3.63) is 53.3 Å². The summed E-state index contributed by atoms with van der Waals surface area (Å²) in [6.45, 7) is 1.72. The summed E-state index contributed by atoms with van der Waals surface area (Å²) in [7, 11) is 0. The lowest BCUT2D eigenvalue weighted by atomic mass is 10.1. The van der Waals surface area contributed by atoms with Gasteiger partial charge in [-0.1, -0.05) is 6.07 Å². The van der Waals surface area contributed by atoms with E-state index in [9.17, 15) is 9.59 Å². The van der Waals surface area contributed by atoms with E-state index >= 15 is 0 Å². The predicted octanol–water partition coefficient (Wildman–Crippen LogP) is 1.65. The molecular formula is C20H21N3O5. The summed E-state index contributed by atoms with van der Waals surface area (Å²) in [5.41, 5.74) is 1.47. The Kier molecular flexibility index (Phi) is 5.38. The maximum Gasteiger partial charge on any atom is 0.269 e. The number of amides is 2. The number of nitrogens with one attached hydrogen (secondary N) is 2. The van der Waals surface area contributed by atoms with Crippen LogP contribution < -0.4 is 20.1 Å². The average molecular weight is 383 g/mol. The number of hydrogen-bond donors (Lipinski definition) is 2. The van der Waals surface area contributed by atoms with Gasteiger partial charge < -0.3 is 24.8 Å². The second-order valence-electron chi connectivity index (χ2n) is 6.65. The highest BCUT2D eigenvalue weighted by Gasteiger charge is 2.18. The Morgan fingerprint density at radius 1 is 1.07 bits per heavy atom. The zero-order valence-corrected chi connectivity index (χ0v) is 15.3. The first-order chi connectivity index (χ1) is 13.7. The Hall–Kier alpha value is -3.13. The molecule has 2 N–H and O–H groups in total. The molecule has 28 heavy (non-hydrogen) atoms. The smallest absolute Gasteiger partial charge is 0.269 e. The molecule has 8 heteroatoms. The molecule has 1 unspecified atom stereocenters. The van der Waals surface area contributed by atoms with Crippen molar-refractivity contribution in [2.75, 3.05) is 19.9 Å². The third kappa shape index (κ3) is 4.23. The van der Waals surface area contributed by atoms with E-state index in [1.165, 1.54) is 12.3 Å². The van der Waals surface area contributed by atoms with Crippen LogP contribution in [0, 0.1) is 0 Å². The molecule has 2 aliphatic heterocycles. The number of ether oxygens (including phenoxy) is 3. The zero-order chi connectivity index (χ0) is 19.3. The molecule has 0 aliphatic carbocycles. The highest BCUT2D eigenvalue weighted by atomic mass is 16.7. The molecule has 0 saturated carbocycles. The van der Waals surface area contributed by atoms with Gasteiger partial charge in [-0.15, -0.1) is 0 Å². The first kappa shape index (κ1) is 18.2. The van der Waals surface area contributed by atoms with Crippen molar-refractivity contribution < 1.29 is 23.8 Å². The standard InChI is InChI=1S/C20H21N3O5/c24-19(22-10-13-3-4-17-18(8-13)28-12-27-17)14-5-6-21-16(9-14)20(25)23-11-15-2-1-7-26-15/h3-6,8-9,15H,1-2,7,10-12H2,(H,22,24)(H,23,25). The number of fused-ring (bicyclic) bond motifs is 1. The van der Waals surface area contributed by atoms with Gasteiger partial charge in [0.15, 0.2) is 11.5 Å².